The smallest absolute Gasteiger partial charge is 0.269 e. The first-order valence-corrected chi connectivity index (χ1v) is 5.24. The zero-order valence-electron chi connectivity index (χ0n) is 9.75. The van der Waals surface area contributed by atoms with Crippen molar-refractivity contribution in [2.45, 2.75) is 6.92 Å². The number of primary amides is 1. The van der Waals surface area contributed by atoms with E-state index >= 15 is 0 Å². The quantitative estimate of drug-likeness (QED) is 0.791. The summed E-state index contributed by atoms with van der Waals surface area (Å²) in [5.41, 5.74) is 12.5. The molecule has 0 spiro atoms. The van der Waals surface area contributed by atoms with E-state index < -0.39 is 5.91 Å². The summed E-state index contributed by atoms with van der Waals surface area (Å²) in [6.07, 6.45) is 0. The zero-order chi connectivity index (χ0) is 13.1. The zero-order valence-corrected chi connectivity index (χ0v) is 9.75. The average molecular weight is 244 g/mol. The van der Waals surface area contributed by atoms with Gasteiger partial charge in [-0.15, -0.1) is 10.2 Å². The molecule has 1 aromatic heterocycles. The van der Waals surface area contributed by atoms with E-state index in [0.29, 0.717) is 11.4 Å². The minimum atomic E-state index is -0.635. The van der Waals surface area contributed by atoms with E-state index in [1.165, 1.54) is 12.1 Å². The third-order valence-electron chi connectivity index (χ3n) is 2.39. The highest BCUT2D eigenvalue weighted by atomic mass is 16.5. The minimum absolute atomic E-state index is 0.0829. The summed E-state index contributed by atoms with van der Waals surface area (Å²) in [7, 11) is 0. The van der Waals surface area contributed by atoms with Crippen LogP contribution in [-0.2, 0) is 0 Å². The van der Waals surface area contributed by atoms with Crippen LogP contribution in [0.4, 0.5) is 5.69 Å². The molecule has 18 heavy (non-hydrogen) atoms. The topological polar surface area (TPSA) is 104 Å². The SMILES string of the molecule is Cc1cccc(Oc2ccc(C(N)=O)nn2)c1N. The molecule has 92 valence electrons. The van der Waals surface area contributed by atoms with E-state index in [2.05, 4.69) is 10.2 Å². The number of aromatic nitrogens is 2. The van der Waals surface area contributed by atoms with Gasteiger partial charge in [-0.05, 0) is 24.6 Å². The van der Waals surface area contributed by atoms with E-state index in [0.717, 1.165) is 5.56 Å². The molecule has 0 bridgehead atoms. The van der Waals surface area contributed by atoms with Crippen molar-refractivity contribution >= 4 is 11.6 Å². The number of nitrogens with two attached hydrogens (primary N) is 2. The summed E-state index contributed by atoms with van der Waals surface area (Å²) in [6, 6.07) is 8.38. The summed E-state index contributed by atoms with van der Waals surface area (Å²) in [6.45, 7) is 1.88. The maximum absolute atomic E-state index is 10.8. The first kappa shape index (κ1) is 11.8. The van der Waals surface area contributed by atoms with Gasteiger partial charge in [-0.2, -0.15) is 0 Å². The first-order valence-electron chi connectivity index (χ1n) is 5.24. The van der Waals surface area contributed by atoms with Gasteiger partial charge in [0, 0.05) is 6.07 Å². The summed E-state index contributed by atoms with van der Waals surface area (Å²) in [5.74, 6) is 0.109. The molecule has 0 saturated heterocycles. The van der Waals surface area contributed by atoms with Crippen LogP contribution in [0, 0.1) is 6.92 Å². The van der Waals surface area contributed by atoms with Gasteiger partial charge in [-0.3, -0.25) is 4.79 Å². The molecule has 1 aromatic carbocycles. The van der Waals surface area contributed by atoms with Gasteiger partial charge in [0.25, 0.3) is 5.91 Å². The number of ether oxygens (including phenoxy) is 1. The van der Waals surface area contributed by atoms with Crippen molar-refractivity contribution in [1.82, 2.24) is 10.2 Å². The molecule has 0 aliphatic carbocycles. The number of rotatable bonds is 3. The van der Waals surface area contributed by atoms with Gasteiger partial charge in [-0.1, -0.05) is 12.1 Å². The fourth-order valence-corrected chi connectivity index (χ4v) is 1.36. The maximum Gasteiger partial charge on any atom is 0.269 e. The van der Waals surface area contributed by atoms with Crippen LogP contribution in [0.2, 0.25) is 0 Å². The molecule has 0 unspecified atom stereocenters. The van der Waals surface area contributed by atoms with Gasteiger partial charge >= 0.3 is 0 Å². The third-order valence-corrected chi connectivity index (χ3v) is 2.39. The van der Waals surface area contributed by atoms with Crippen molar-refractivity contribution in [1.29, 1.82) is 0 Å². The summed E-state index contributed by atoms with van der Waals surface area (Å²) in [4.78, 5) is 10.8. The number of nitrogens with zero attached hydrogens (tertiary/aromatic N) is 2. The van der Waals surface area contributed by atoms with Crippen molar-refractivity contribution in [2.24, 2.45) is 5.73 Å². The van der Waals surface area contributed by atoms with Crippen molar-refractivity contribution in [3.8, 4) is 11.6 Å². The molecular weight excluding hydrogens is 232 g/mol. The normalized spacial score (nSPS) is 10.1. The monoisotopic (exact) mass is 244 g/mol. The van der Waals surface area contributed by atoms with E-state index in [9.17, 15) is 4.79 Å². The van der Waals surface area contributed by atoms with Crippen LogP contribution in [-0.4, -0.2) is 16.1 Å². The number of carbonyl (C=O) groups is 1. The van der Waals surface area contributed by atoms with Crippen LogP contribution in [0.1, 0.15) is 16.1 Å². The average Bonchev–Trinajstić information content (AvgIpc) is 2.36. The van der Waals surface area contributed by atoms with E-state index in [-0.39, 0.29) is 11.6 Å². The molecule has 0 aliphatic heterocycles. The fourth-order valence-electron chi connectivity index (χ4n) is 1.36. The minimum Gasteiger partial charge on any atom is -0.435 e. The maximum atomic E-state index is 10.8. The Morgan fingerprint density at radius 1 is 1.22 bits per heavy atom. The third kappa shape index (κ3) is 2.37. The number of anilines is 1. The Balaban J connectivity index is 2.24. The molecule has 4 N–H and O–H groups in total. The lowest BCUT2D eigenvalue weighted by atomic mass is 10.2. The molecule has 0 radical (unpaired) electrons. The second-order valence-electron chi connectivity index (χ2n) is 3.71. The highest BCUT2D eigenvalue weighted by molar-refractivity contribution is 5.90. The molecule has 0 aliphatic rings. The van der Waals surface area contributed by atoms with Crippen molar-refractivity contribution < 1.29 is 9.53 Å². The highest BCUT2D eigenvalue weighted by Gasteiger charge is 2.07. The highest BCUT2D eigenvalue weighted by Crippen LogP contribution is 2.28. The van der Waals surface area contributed by atoms with Crippen LogP contribution < -0.4 is 16.2 Å². The number of aryl methyl sites for hydroxylation is 1. The Morgan fingerprint density at radius 2 is 2.00 bits per heavy atom. The van der Waals surface area contributed by atoms with E-state index in [1.54, 1.807) is 6.07 Å². The van der Waals surface area contributed by atoms with Gasteiger partial charge < -0.3 is 16.2 Å². The molecule has 2 aromatic rings. The lowest BCUT2D eigenvalue weighted by Gasteiger charge is -2.08. The number of benzene rings is 1. The van der Waals surface area contributed by atoms with Crippen molar-refractivity contribution in [3.63, 3.8) is 0 Å². The number of carbonyl (C=O) groups excluding carboxylic acids is 1. The second-order valence-corrected chi connectivity index (χ2v) is 3.71. The summed E-state index contributed by atoms with van der Waals surface area (Å²) in [5, 5.41) is 7.37. The fraction of sp³-hybridized carbons (Fsp3) is 0.0833. The van der Waals surface area contributed by atoms with Gasteiger partial charge in [0.1, 0.15) is 0 Å². The number of hydrogen-bond donors (Lipinski definition) is 2. The van der Waals surface area contributed by atoms with Crippen LogP contribution >= 0.6 is 0 Å². The molecule has 0 fully saturated rings. The number of hydrogen-bond acceptors (Lipinski definition) is 5. The largest absolute Gasteiger partial charge is 0.435 e. The van der Waals surface area contributed by atoms with Crippen molar-refractivity contribution in [2.75, 3.05) is 5.73 Å². The number of nitrogen functional groups attached to an aromatic ring is 1. The number of para-hydroxylation sites is 1. The predicted molar refractivity (Wildman–Crippen MR) is 66.2 cm³/mol. The van der Waals surface area contributed by atoms with E-state index in [1.807, 2.05) is 19.1 Å². The molecule has 6 heteroatoms. The molecule has 6 nitrogen and oxygen atoms in total. The Labute approximate surface area is 104 Å². The van der Waals surface area contributed by atoms with E-state index in [4.69, 9.17) is 16.2 Å². The Hall–Kier alpha value is -2.63. The van der Waals surface area contributed by atoms with Gasteiger partial charge in [-0.25, -0.2) is 0 Å². The van der Waals surface area contributed by atoms with Crippen LogP contribution in [0.25, 0.3) is 0 Å². The summed E-state index contributed by atoms with van der Waals surface area (Å²) < 4.78 is 5.47. The molecule has 0 saturated carbocycles. The lowest BCUT2D eigenvalue weighted by molar-refractivity contribution is 0.0994. The predicted octanol–water partition coefficient (Wildman–Crippen LogP) is 1.26. The first-order chi connectivity index (χ1) is 8.58. The number of amides is 1. The Kier molecular flexibility index (Phi) is 3.09. The van der Waals surface area contributed by atoms with Gasteiger partial charge in [0.2, 0.25) is 5.88 Å². The summed E-state index contributed by atoms with van der Waals surface area (Å²) >= 11 is 0. The molecule has 1 heterocycles. The van der Waals surface area contributed by atoms with Crippen molar-refractivity contribution in [3.05, 3.63) is 41.6 Å². The lowest BCUT2D eigenvalue weighted by Crippen LogP contribution is -2.13. The molecule has 0 atom stereocenters. The second kappa shape index (κ2) is 4.70. The Morgan fingerprint density at radius 3 is 2.61 bits per heavy atom. The van der Waals surface area contributed by atoms with Gasteiger partial charge in [0.05, 0.1) is 5.69 Å². The Bertz CT molecular complexity index is 581. The molecule has 1 amide bonds. The van der Waals surface area contributed by atoms with Crippen LogP contribution in [0.3, 0.4) is 0 Å². The molecular formula is C12H12N4O2. The van der Waals surface area contributed by atoms with Crippen LogP contribution in [0.5, 0.6) is 11.6 Å². The molecule has 2 rings (SSSR count). The van der Waals surface area contributed by atoms with Gasteiger partial charge in [0.15, 0.2) is 11.4 Å². The standard InChI is InChI=1S/C12H12N4O2/c1-7-3-2-4-9(11(7)13)18-10-6-5-8(12(14)17)15-16-10/h2-6H,13H2,1H3,(H2,14,17). The van der Waals surface area contributed by atoms with Crippen LogP contribution in [0.15, 0.2) is 30.3 Å².